The van der Waals surface area contributed by atoms with Crippen molar-refractivity contribution in [1.82, 2.24) is 4.90 Å². The molecule has 1 amide bonds. The van der Waals surface area contributed by atoms with Crippen LogP contribution in [0.4, 0.5) is 4.79 Å². The topological polar surface area (TPSA) is 59.0 Å². The van der Waals surface area contributed by atoms with Gasteiger partial charge in [-0.3, -0.25) is 0 Å². The number of ether oxygens (including phenoxy) is 2. The Hall–Kier alpha value is -0.810. The Bertz CT molecular complexity index is 283. The van der Waals surface area contributed by atoms with Gasteiger partial charge in [-0.15, -0.1) is 0 Å². The minimum absolute atomic E-state index is 0.0983. The van der Waals surface area contributed by atoms with Crippen LogP contribution in [0.25, 0.3) is 0 Å². The van der Waals surface area contributed by atoms with Crippen molar-refractivity contribution in [2.24, 2.45) is 0 Å². The molecule has 0 saturated carbocycles. The van der Waals surface area contributed by atoms with Crippen molar-refractivity contribution in [3.8, 4) is 0 Å². The summed E-state index contributed by atoms with van der Waals surface area (Å²) in [5, 5.41) is 10.0. The monoisotopic (exact) mass is 245 g/mol. The number of hydrogen-bond donors (Lipinski definition) is 1. The van der Waals surface area contributed by atoms with Crippen LogP contribution >= 0.6 is 0 Å². The van der Waals surface area contributed by atoms with Crippen LogP contribution in [0.5, 0.6) is 0 Å². The summed E-state index contributed by atoms with van der Waals surface area (Å²) in [6.45, 7) is 9.87. The number of β-amino-alcohol motifs (C(OH)–C–C–N with tert-alkyl or cyclic N) is 1. The molecule has 0 spiro atoms. The molecule has 1 N–H and O–H groups in total. The van der Waals surface area contributed by atoms with Crippen LogP contribution in [-0.2, 0) is 9.47 Å². The summed E-state index contributed by atoms with van der Waals surface area (Å²) < 4.78 is 10.6. The Kier molecular flexibility index (Phi) is 4.04. The average molecular weight is 245 g/mol. The summed E-state index contributed by atoms with van der Waals surface area (Å²) >= 11 is 0. The molecule has 1 fully saturated rings. The molecule has 2 unspecified atom stereocenters. The normalized spacial score (nSPS) is 30.9. The summed E-state index contributed by atoms with van der Waals surface area (Å²) in [6.07, 6.45) is -0.407. The lowest BCUT2D eigenvalue weighted by Gasteiger charge is -2.32. The number of aliphatic hydroxyl groups is 1. The minimum Gasteiger partial charge on any atom is -0.444 e. The van der Waals surface area contributed by atoms with Crippen LogP contribution in [0.3, 0.4) is 0 Å². The molecule has 1 rings (SSSR count). The standard InChI is InChI=1S/C12H23NO4/c1-9-6-16-8-12(5,15)7-13(9)10(14)17-11(2,3)4/h9,15H,6-8H2,1-5H3. The third kappa shape index (κ3) is 4.52. The van der Waals surface area contributed by atoms with Gasteiger partial charge in [-0.05, 0) is 34.6 Å². The second-order valence-electron chi connectivity index (χ2n) is 5.97. The van der Waals surface area contributed by atoms with Gasteiger partial charge in [0.2, 0.25) is 0 Å². The van der Waals surface area contributed by atoms with Crippen LogP contribution in [0.1, 0.15) is 34.6 Å². The second-order valence-corrected chi connectivity index (χ2v) is 5.97. The van der Waals surface area contributed by atoms with Crippen LogP contribution in [0.15, 0.2) is 0 Å². The highest BCUT2D eigenvalue weighted by atomic mass is 16.6. The zero-order valence-electron chi connectivity index (χ0n) is 11.3. The van der Waals surface area contributed by atoms with Gasteiger partial charge in [0.15, 0.2) is 0 Å². The predicted molar refractivity (Wildman–Crippen MR) is 63.8 cm³/mol. The first-order valence-electron chi connectivity index (χ1n) is 5.90. The molecule has 0 aromatic carbocycles. The molecule has 1 aliphatic heterocycles. The van der Waals surface area contributed by atoms with E-state index in [1.54, 1.807) is 6.92 Å². The van der Waals surface area contributed by atoms with Crippen molar-refractivity contribution in [1.29, 1.82) is 0 Å². The van der Waals surface area contributed by atoms with Gasteiger partial charge in [-0.2, -0.15) is 0 Å². The summed E-state index contributed by atoms with van der Waals surface area (Å²) in [5.74, 6) is 0. The molecular formula is C12H23NO4. The van der Waals surface area contributed by atoms with E-state index in [-0.39, 0.29) is 19.2 Å². The lowest BCUT2D eigenvalue weighted by Crippen LogP contribution is -2.49. The molecule has 1 heterocycles. The fraction of sp³-hybridized carbons (Fsp3) is 0.917. The Morgan fingerprint density at radius 1 is 1.53 bits per heavy atom. The molecule has 5 heteroatoms. The van der Waals surface area contributed by atoms with Crippen molar-refractivity contribution < 1.29 is 19.4 Å². The maximum absolute atomic E-state index is 12.0. The molecule has 2 atom stereocenters. The number of amides is 1. The van der Waals surface area contributed by atoms with Gasteiger partial charge < -0.3 is 19.5 Å². The van der Waals surface area contributed by atoms with E-state index in [2.05, 4.69) is 0 Å². The molecule has 5 nitrogen and oxygen atoms in total. The van der Waals surface area contributed by atoms with E-state index in [4.69, 9.17) is 9.47 Å². The Morgan fingerprint density at radius 3 is 2.65 bits per heavy atom. The van der Waals surface area contributed by atoms with E-state index in [1.807, 2.05) is 27.7 Å². The van der Waals surface area contributed by atoms with Crippen molar-refractivity contribution >= 4 is 6.09 Å². The summed E-state index contributed by atoms with van der Waals surface area (Å²) in [7, 11) is 0. The lowest BCUT2D eigenvalue weighted by atomic mass is 10.1. The fourth-order valence-corrected chi connectivity index (χ4v) is 1.67. The highest BCUT2D eigenvalue weighted by molar-refractivity contribution is 5.68. The van der Waals surface area contributed by atoms with Gasteiger partial charge in [0.25, 0.3) is 0 Å². The van der Waals surface area contributed by atoms with E-state index in [1.165, 1.54) is 4.90 Å². The number of hydrogen-bond acceptors (Lipinski definition) is 4. The number of carbonyl (C=O) groups excluding carboxylic acids is 1. The van der Waals surface area contributed by atoms with Crippen molar-refractivity contribution in [3.05, 3.63) is 0 Å². The summed E-state index contributed by atoms with van der Waals surface area (Å²) in [4.78, 5) is 13.5. The maximum atomic E-state index is 12.0. The maximum Gasteiger partial charge on any atom is 0.410 e. The molecule has 1 aliphatic rings. The zero-order chi connectivity index (χ0) is 13.3. The Balaban J connectivity index is 2.75. The van der Waals surface area contributed by atoms with Crippen molar-refractivity contribution in [3.63, 3.8) is 0 Å². The van der Waals surface area contributed by atoms with Gasteiger partial charge in [-0.1, -0.05) is 0 Å². The van der Waals surface area contributed by atoms with Gasteiger partial charge in [0.05, 0.1) is 25.8 Å². The zero-order valence-corrected chi connectivity index (χ0v) is 11.3. The first-order valence-corrected chi connectivity index (χ1v) is 5.90. The van der Waals surface area contributed by atoms with E-state index in [0.717, 1.165) is 0 Å². The molecule has 0 aliphatic carbocycles. The molecule has 0 aromatic rings. The molecule has 1 saturated heterocycles. The summed E-state index contributed by atoms with van der Waals surface area (Å²) in [6, 6.07) is -0.0983. The SMILES string of the molecule is CC1COCC(C)(O)CN1C(=O)OC(C)(C)C. The van der Waals surface area contributed by atoms with E-state index < -0.39 is 17.3 Å². The largest absolute Gasteiger partial charge is 0.444 e. The number of rotatable bonds is 0. The molecule has 0 aromatic heterocycles. The highest BCUT2D eigenvalue weighted by Gasteiger charge is 2.35. The molecular weight excluding hydrogens is 222 g/mol. The Morgan fingerprint density at radius 2 is 2.12 bits per heavy atom. The van der Waals surface area contributed by atoms with Gasteiger partial charge in [-0.25, -0.2) is 4.79 Å². The number of nitrogens with zero attached hydrogens (tertiary/aromatic N) is 1. The van der Waals surface area contributed by atoms with Gasteiger partial charge in [0.1, 0.15) is 11.2 Å². The molecule has 0 radical (unpaired) electrons. The molecule has 17 heavy (non-hydrogen) atoms. The predicted octanol–water partition coefficient (Wildman–Crippen LogP) is 1.39. The van der Waals surface area contributed by atoms with Crippen molar-refractivity contribution in [2.75, 3.05) is 19.8 Å². The number of carbonyl (C=O) groups is 1. The third-order valence-electron chi connectivity index (χ3n) is 2.44. The second kappa shape index (κ2) is 4.82. The lowest BCUT2D eigenvalue weighted by molar-refractivity contribution is -0.0275. The van der Waals surface area contributed by atoms with Crippen molar-refractivity contribution in [2.45, 2.75) is 51.9 Å². The van der Waals surface area contributed by atoms with Crippen LogP contribution in [-0.4, -0.2) is 53.1 Å². The molecule has 0 bridgehead atoms. The smallest absolute Gasteiger partial charge is 0.410 e. The summed E-state index contributed by atoms with van der Waals surface area (Å²) in [5.41, 5.74) is -1.56. The minimum atomic E-state index is -1.03. The van der Waals surface area contributed by atoms with E-state index in [0.29, 0.717) is 6.61 Å². The first kappa shape index (κ1) is 14.3. The van der Waals surface area contributed by atoms with Crippen LogP contribution < -0.4 is 0 Å². The quantitative estimate of drug-likeness (QED) is 0.700. The van der Waals surface area contributed by atoms with Gasteiger partial charge in [0, 0.05) is 0 Å². The van der Waals surface area contributed by atoms with Crippen LogP contribution in [0.2, 0.25) is 0 Å². The first-order chi connectivity index (χ1) is 7.61. The van der Waals surface area contributed by atoms with E-state index in [9.17, 15) is 9.90 Å². The highest BCUT2D eigenvalue weighted by Crippen LogP contribution is 2.18. The van der Waals surface area contributed by atoms with E-state index >= 15 is 0 Å². The fourth-order valence-electron chi connectivity index (χ4n) is 1.67. The van der Waals surface area contributed by atoms with Crippen LogP contribution in [0, 0.1) is 0 Å². The average Bonchev–Trinajstić information content (AvgIpc) is 2.22. The third-order valence-corrected chi connectivity index (χ3v) is 2.44. The Labute approximate surface area is 103 Å². The van der Waals surface area contributed by atoms with Gasteiger partial charge >= 0.3 is 6.09 Å². The molecule has 100 valence electrons.